The number of carbonyl (C=O) groups excluding carboxylic acids is 1. The van der Waals surface area contributed by atoms with Crippen LogP contribution < -0.4 is 0 Å². The highest BCUT2D eigenvalue weighted by molar-refractivity contribution is 6.06. The summed E-state index contributed by atoms with van der Waals surface area (Å²) >= 11 is 0. The molecule has 0 aromatic heterocycles. The first-order valence-electron chi connectivity index (χ1n) is 4.26. The van der Waals surface area contributed by atoms with Crippen LogP contribution in [0, 0.1) is 0 Å². The summed E-state index contributed by atoms with van der Waals surface area (Å²) in [5.41, 5.74) is 1.39. The fourth-order valence-corrected chi connectivity index (χ4v) is 1.11. The molecule has 0 aliphatic heterocycles. The van der Waals surface area contributed by atoms with Gasteiger partial charge in [-0.05, 0) is 17.7 Å². The Morgan fingerprint density at radius 1 is 1.29 bits per heavy atom. The molecular formula is C11H13NO2. The molecule has 0 aliphatic rings. The third-order valence-electron chi connectivity index (χ3n) is 1.72. The van der Waals surface area contributed by atoms with Gasteiger partial charge in [0.1, 0.15) is 5.75 Å². The number of hydrogen-bond donors (Lipinski definition) is 1. The van der Waals surface area contributed by atoms with Crippen molar-refractivity contribution in [1.29, 1.82) is 0 Å². The number of nitrogens with zero attached hydrogens (tertiary/aromatic N) is 1. The molecule has 0 atom stereocenters. The lowest BCUT2D eigenvalue weighted by molar-refractivity contribution is -0.103. The average Bonchev–Trinajstić information content (AvgIpc) is 2.15. The molecule has 0 unspecified atom stereocenters. The van der Waals surface area contributed by atoms with Gasteiger partial charge in [0.05, 0.1) is 0 Å². The molecule has 1 rings (SSSR count). The van der Waals surface area contributed by atoms with Crippen LogP contribution in [0.3, 0.4) is 0 Å². The Balaban J connectivity index is 3.01. The van der Waals surface area contributed by atoms with E-state index in [0.717, 1.165) is 11.8 Å². The molecule has 3 heteroatoms. The Morgan fingerprint density at radius 3 is 2.29 bits per heavy atom. The molecule has 0 fully saturated rings. The van der Waals surface area contributed by atoms with Crippen molar-refractivity contribution < 1.29 is 9.90 Å². The summed E-state index contributed by atoms with van der Waals surface area (Å²) in [6, 6.07) is 6.53. The largest absolute Gasteiger partial charge is 0.508 e. The average molecular weight is 191 g/mol. The van der Waals surface area contributed by atoms with E-state index in [4.69, 9.17) is 5.11 Å². The van der Waals surface area contributed by atoms with E-state index in [9.17, 15) is 4.79 Å². The van der Waals surface area contributed by atoms with Crippen LogP contribution in [0.5, 0.6) is 5.75 Å². The molecule has 0 heterocycles. The predicted molar refractivity (Wildman–Crippen MR) is 55.8 cm³/mol. The summed E-state index contributed by atoms with van der Waals surface area (Å²) in [7, 11) is 3.70. The number of rotatable bonds is 3. The molecule has 3 nitrogen and oxygen atoms in total. The maximum atomic E-state index is 10.8. The number of aromatic hydroxyl groups is 1. The number of allylic oxidation sites excluding steroid dienone is 1. The molecule has 0 amide bonds. The Kier molecular flexibility index (Phi) is 3.29. The van der Waals surface area contributed by atoms with Crippen molar-refractivity contribution in [2.75, 3.05) is 14.1 Å². The summed E-state index contributed by atoms with van der Waals surface area (Å²) in [6.45, 7) is 0. The van der Waals surface area contributed by atoms with Gasteiger partial charge in [0.15, 0.2) is 6.29 Å². The number of carbonyl (C=O) groups is 1. The minimum absolute atomic E-state index is 0.198. The van der Waals surface area contributed by atoms with Gasteiger partial charge in [-0.25, -0.2) is 0 Å². The van der Waals surface area contributed by atoms with Crippen LogP contribution in [0.25, 0.3) is 5.57 Å². The van der Waals surface area contributed by atoms with E-state index in [0.29, 0.717) is 5.57 Å². The van der Waals surface area contributed by atoms with Gasteiger partial charge in [-0.15, -0.1) is 0 Å². The number of phenols is 1. The van der Waals surface area contributed by atoms with Crippen LogP contribution >= 0.6 is 0 Å². The maximum Gasteiger partial charge on any atom is 0.152 e. The van der Waals surface area contributed by atoms with E-state index in [1.807, 2.05) is 14.1 Å². The van der Waals surface area contributed by atoms with Crippen molar-refractivity contribution >= 4 is 11.9 Å². The van der Waals surface area contributed by atoms with Crippen LogP contribution in [0.1, 0.15) is 5.56 Å². The molecule has 0 saturated heterocycles. The van der Waals surface area contributed by atoms with Crippen LogP contribution in [-0.2, 0) is 4.79 Å². The first-order chi connectivity index (χ1) is 6.63. The zero-order valence-corrected chi connectivity index (χ0v) is 8.27. The van der Waals surface area contributed by atoms with Crippen LogP contribution in [-0.4, -0.2) is 30.4 Å². The smallest absolute Gasteiger partial charge is 0.152 e. The minimum Gasteiger partial charge on any atom is -0.508 e. The van der Waals surface area contributed by atoms with E-state index in [1.165, 1.54) is 0 Å². The van der Waals surface area contributed by atoms with Crippen molar-refractivity contribution in [2.24, 2.45) is 0 Å². The molecule has 1 N–H and O–H groups in total. The van der Waals surface area contributed by atoms with Crippen LogP contribution in [0.15, 0.2) is 30.5 Å². The van der Waals surface area contributed by atoms with E-state index < -0.39 is 0 Å². The summed E-state index contributed by atoms with van der Waals surface area (Å²) < 4.78 is 0. The number of phenolic OH excluding ortho intramolecular Hbond substituents is 1. The second-order valence-corrected chi connectivity index (χ2v) is 3.21. The maximum absolute atomic E-state index is 10.8. The Labute approximate surface area is 83.3 Å². The zero-order chi connectivity index (χ0) is 10.6. The normalized spacial score (nSPS) is 11.1. The van der Waals surface area contributed by atoms with Crippen molar-refractivity contribution in [1.82, 2.24) is 4.90 Å². The number of hydrogen-bond acceptors (Lipinski definition) is 3. The monoisotopic (exact) mass is 191 g/mol. The van der Waals surface area contributed by atoms with Crippen molar-refractivity contribution in [2.45, 2.75) is 0 Å². The first-order valence-corrected chi connectivity index (χ1v) is 4.26. The molecule has 0 saturated carbocycles. The van der Waals surface area contributed by atoms with Crippen molar-refractivity contribution in [3.05, 3.63) is 36.0 Å². The fourth-order valence-electron chi connectivity index (χ4n) is 1.11. The highest BCUT2D eigenvalue weighted by atomic mass is 16.3. The molecule has 0 aliphatic carbocycles. The van der Waals surface area contributed by atoms with Gasteiger partial charge in [0.25, 0.3) is 0 Å². The van der Waals surface area contributed by atoms with Crippen LogP contribution in [0.4, 0.5) is 0 Å². The lowest BCUT2D eigenvalue weighted by atomic mass is 10.1. The second-order valence-electron chi connectivity index (χ2n) is 3.21. The summed E-state index contributed by atoms with van der Waals surface area (Å²) in [5, 5.41) is 9.07. The molecule has 0 spiro atoms. The first kappa shape index (κ1) is 10.3. The number of benzene rings is 1. The Morgan fingerprint density at radius 2 is 1.86 bits per heavy atom. The minimum atomic E-state index is 0.198. The molecule has 1 aromatic rings. The highest BCUT2D eigenvalue weighted by Crippen LogP contribution is 2.16. The molecule has 74 valence electrons. The van der Waals surface area contributed by atoms with E-state index in [-0.39, 0.29) is 5.75 Å². The topological polar surface area (TPSA) is 40.5 Å². The molecule has 0 bridgehead atoms. The Hall–Kier alpha value is -1.77. The predicted octanol–water partition coefficient (Wildman–Crippen LogP) is 1.49. The summed E-state index contributed by atoms with van der Waals surface area (Å²) in [4.78, 5) is 12.6. The SMILES string of the molecule is CN(C)C=C(C=O)c1ccc(O)cc1. The zero-order valence-electron chi connectivity index (χ0n) is 8.27. The summed E-state index contributed by atoms with van der Waals surface area (Å²) in [6.07, 6.45) is 2.53. The second kappa shape index (κ2) is 4.46. The highest BCUT2D eigenvalue weighted by Gasteiger charge is 2.00. The third-order valence-corrected chi connectivity index (χ3v) is 1.72. The van der Waals surface area contributed by atoms with Gasteiger partial charge in [0, 0.05) is 25.9 Å². The standard InChI is InChI=1S/C11H13NO2/c1-12(2)7-10(8-13)9-3-5-11(14)6-4-9/h3-8,14H,1-2H3. The van der Waals surface area contributed by atoms with Gasteiger partial charge in [-0.3, -0.25) is 4.79 Å². The van der Waals surface area contributed by atoms with E-state index in [2.05, 4.69) is 0 Å². The molecule has 0 radical (unpaired) electrons. The van der Waals surface area contributed by atoms with Gasteiger partial charge in [-0.2, -0.15) is 0 Å². The summed E-state index contributed by atoms with van der Waals surface area (Å²) in [5.74, 6) is 0.198. The van der Waals surface area contributed by atoms with Gasteiger partial charge >= 0.3 is 0 Å². The van der Waals surface area contributed by atoms with Gasteiger partial charge in [0.2, 0.25) is 0 Å². The molecule has 1 aromatic carbocycles. The quantitative estimate of drug-likeness (QED) is 0.581. The van der Waals surface area contributed by atoms with Crippen molar-refractivity contribution in [3.63, 3.8) is 0 Å². The lowest BCUT2D eigenvalue weighted by Gasteiger charge is -2.07. The van der Waals surface area contributed by atoms with Gasteiger partial charge in [-0.1, -0.05) is 12.1 Å². The molecular weight excluding hydrogens is 178 g/mol. The fraction of sp³-hybridized carbons (Fsp3) is 0.182. The third kappa shape index (κ3) is 2.62. The Bertz CT molecular complexity index is 339. The molecule has 14 heavy (non-hydrogen) atoms. The van der Waals surface area contributed by atoms with Crippen LogP contribution in [0.2, 0.25) is 0 Å². The number of aldehydes is 1. The van der Waals surface area contributed by atoms with Gasteiger partial charge < -0.3 is 10.0 Å². The van der Waals surface area contributed by atoms with Crippen molar-refractivity contribution in [3.8, 4) is 5.75 Å². The lowest BCUT2D eigenvalue weighted by Crippen LogP contribution is -2.03. The van der Waals surface area contributed by atoms with E-state index in [1.54, 1.807) is 35.4 Å². The van der Waals surface area contributed by atoms with E-state index >= 15 is 0 Å².